The Morgan fingerprint density at radius 1 is 0.840 bits per heavy atom. The Kier molecular flexibility index (Phi) is 10.7. The SMILES string of the molecule is CCCCCCCCc1ccc(O)cc1CN(CC(O)O)CC(O)O. The lowest BCUT2D eigenvalue weighted by molar-refractivity contribution is -0.0964. The molecule has 0 fully saturated rings. The molecule has 0 aliphatic carbocycles. The normalized spacial score (nSPS) is 11.8. The minimum Gasteiger partial charge on any atom is -0.508 e. The van der Waals surface area contributed by atoms with Gasteiger partial charge in [0, 0.05) is 19.6 Å². The first-order chi connectivity index (χ1) is 11.9. The van der Waals surface area contributed by atoms with Crippen molar-refractivity contribution in [2.45, 2.75) is 71.0 Å². The molecular weight excluding hydrogens is 322 g/mol. The third kappa shape index (κ3) is 9.77. The number of hydrogen-bond donors (Lipinski definition) is 5. The Balaban J connectivity index is 2.67. The number of benzene rings is 1. The molecule has 0 bridgehead atoms. The molecule has 1 aromatic carbocycles. The van der Waals surface area contributed by atoms with Crippen LogP contribution in [0.4, 0.5) is 0 Å². The standard InChI is InChI=1S/C19H33NO5/c1-2-3-4-5-6-7-8-15-9-10-17(21)11-16(15)12-20(13-18(22)23)14-19(24)25/h9-11,18-19,21-25H,2-8,12-14H2,1H3. The number of hydrogen-bond acceptors (Lipinski definition) is 6. The van der Waals surface area contributed by atoms with Gasteiger partial charge in [0.2, 0.25) is 0 Å². The Morgan fingerprint density at radius 2 is 1.44 bits per heavy atom. The van der Waals surface area contributed by atoms with E-state index in [1.54, 1.807) is 17.0 Å². The fraction of sp³-hybridized carbons (Fsp3) is 0.684. The number of aromatic hydroxyl groups is 1. The number of unbranched alkanes of at least 4 members (excludes halogenated alkanes) is 5. The van der Waals surface area contributed by atoms with Crippen molar-refractivity contribution in [2.24, 2.45) is 0 Å². The van der Waals surface area contributed by atoms with Crippen LogP contribution in [0.1, 0.15) is 56.6 Å². The summed E-state index contributed by atoms with van der Waals surface area (Å²) < 4.78 is 0. The lowest BCUT2D eigenvalue weighted by atomic mass is 9.99. The van der Waals surface area contributed by atoms with Gasteiger partial charge in [-0.1, -0.05) is 45.1 Å². The quantitative estimate of drug-likeness (QED) is 0.273. The van der Waals surface area contributed by atoms with E-state index in [1.165, 1.54) is 25.7 Å². The van der Waals surface area contributed by atoms with Crippen LogP contribution in [0, 0.1) is 0 Å². The van der Waals surface area contributed by atoms with Gasteiger partial charge < -0.3 is 25.5 Å². The van der Waals surface area contributed by atoms with Gasteiger partial charge in [0.15, 0.2) is 12.6 Å². The fourth-order valence-electron chi connectivity index (χ4n) is 3.01. The van der Waals surface area contributed by atoms with Crippen LogP contribution in [0.5, 0.6) is 5.75 Å². The largest absolute Gasteiger partial charge is 0.508 e. The highest BCUT2D eigenvalue weighted by Crippen LogP contribution is 2.21. The zero-order chi connectivity index (χ0) is 18.7. The molecule has 25 heavy (non-hydrogen) atoms. The van der Waals surface area contributed by atoms with Gasteiger partial charge >= 0.3 is 0 Å². The van der Waals surface area contributed by atoms with Crippen molar-refractivity contribution in [1.82, 2.24) is 4.90 Å². The van der Waals surface area contributed by atoms with E-state index >= 15 is 0 Å². The number of aliphatic hydroxyl groups is 4. The maximum absolute atomic E-state index is 9.77. The van der Waals surface area contributed by atoms with E-state index in [1.807, 2.05) is 6.07 Å². The van der Waals surface area contributed by atoms with E-state index in [0.717, 1.165) is 30.4 Å². The summed E-state index contributed by atoms with van der Waals surface area (Å²) in [5.41, 5.74) is 1.97. The second kappa shape index (κ2) is 12.2. The average molecular weight is 355 g/mol. The third-order valence-electron chi connectivity index (χ3n) is 4.23. The van der Waals surface area contributed by atoms with Crippen LogP contribution in [0.15, 0.2) is 18.2 Å². The Bertz CT molecular complexity index is 469. The number of phenolic OH excluding ortho intramolecular Hbond substituents is 1. The molecule has 0 radical (unpaired) electrons. The zero-order valence-corrected chi connectivity index (χ0v) is 15.1. The molecule has 0 unspecified atom stereocenters. The summed E-state index contributed by atoms with van der Waals surface area (Å²) >= 11 is 0. The summed E-state index contributed by atoms with van der Waals surface area (Å²) in [6.07, 6.45) is 4.98. The summed E-state index contributed by atoms with van der Waals surface area (Å²) in [5.74, 6) is 0.149. The fourth-order valence-corrected chi connectivity index (χ4v) is 3.01. The van der Waals surface area contributed by atoms with E-state index in [0.29, 0.717) is 6.54 Å². The molecule has 6 heteroatoms. The Labute approximate surface area is 150 Å². The van der Waals surface area contributed by atoms with Crippen LogP contribution < -0.4 is 0 Å². The van der Waals surface area contributed by atoms with Crippen molar-refractivity contribution in [1.29, 1.82) is 0 Å². The number of aliphatic hydroxyl groups excluding tert-OH is 2. The van der Waals surface area contributed by atoms with Gasteiger partial charge in [-0.25, -0.2) is 0 Å². The van der Waals surface area contributed by atoms with E-state index < -0.39 is 12.6 Å². The van der Waals surface area contributed by atoms with Crippen LogP contribution in [0.25, 0.3) is 0 Å². The minimum atomic E-state index is -1.56. The van der Waals surface area contributed by atoms with Crippen molar-refractivity contribution in [3.63, 3.8) is 0 Å². The van der Waals surface area contributed by atoms with Crippen LogP contribution in [-0.4, -0.2) is 56.1 Å². The Hall–Kier alpha value is -1.18. The molecule has 0 amide bonds. The maximum atomic E-state index is 9.77. The summed E-state index contributed by atoms with van der Waals surface area (Å²) in [4.78, 5) is 1.55. The van der Waals surface area contributed by atoms with Crippen molar-refractivity contribution in [3.05, 3.63) is 29.3 Å². The first-order valence-corrected chi connectivity index (χ1v) is 9.17. The topological polar surface area (TPSA) is 104 Å². The second-order valence-electron chi connectivity index (χ2n) is 6.63. The highest BCUT2D eigenvalue weighted by Gasteiger charge is 2.15. The van der Waals surface area contributed by atoms with Gasteiger partial charge in [0.1, 0.15) is 5.75 Å². The molecule has 0 atom stereocenters. The molecule has 0 aliphatic heterocycles. The highest BCUT2D eigenvalue weighted by atomic mass is 16.5. The zero-order valence-electron chi connectivity index (χ0n) is 15.1. The number of nitrogens with zero attached hydrogens (tertiary/aromatic N) is 1. The number of rotatable bonds is 13. The van der Waals surface area contributed by atoms with Gasteiger partial charge in [-0.15, -0.1) is 0 Å². The smallest absolute Gasteiger partial charge is 0.164 e. The van der Waals surface area contributed by atoms with Crippen LogP contribution in [-0.2, 0) is 13.0 Å². The Morgan fingerprint density at radius 3 is 2.04 bits per heavy atom. The molecule has 5 N–H and O–H groups in total. The number of phenols is 1. The molecule has 144 valence electrons. The first kappa shape index (κ1) is 21.9. The summed E-state index contributed by atoms with van der Waals surface area (Å²) in [6.45, 7) is 2.32. The van der Waals surface area contributed by atoms with E-state index in [2.05, 4.69) is 6.92 Å². The molecule has 0 heterocycles. The minimum absolute atomic E-state index is 0.0935. The molecule has 0 aliphatic rings. The van der Waals surface area contributed by atoms with Crippen molar-refractivity contribution < 1.29 is 25.5 Å². The third-order valence-corrected chi connectivity index (χ3v) is 4.23. The molecule has 1 rings (SSSR count). The molecule has 0 aromatic heterocycles. The molecule has 1 aromatic rings. The number of aryl methyl sites for hydroxylation is 1. The van der Waals surface area contributed by atoms with Crippen LogP contribution in [0.2, 0.25) is 0 Å². The average Bonchev–Trinajstić information content (AvgIpc) is 2.51. The van der Waals surface area contributed by atoms with Gasteiger partial charge in [-0.05, 0) is 36.1 Å². The molecular formula is C19H33NO5. The summed E-state index contributed by atoms with van der Waals surface area (Å²) in [5, 5.41) is 46.5. The van der Waals surface area contributed by atoms with Crippen molar-refractivity contribution >= 4 is 0 Å². The molecule has 0 saturated heterocycles. The predicted molar refractivity (Wildman–Crippen MR) is 96.9 cm³/mol. The van der Waals surface area contributed by atoms with Crippen LogP contribution in [0.3, 0.4) is 0 Å². The predicted octanol–water partition coefficient (Wildman–Crippen LogP) is 1.72. The van der Waals surface area contributed by atoms with E-state index in [4.69, 9.17) is 0 Å². The summed E-state index contributed by atoms with van der Waals surface area (Å²) in [7, 11) is 0. The molecule has 0 saturated carbocycles. The van der Waals surface area contributed by atoms with E-state index in [-0.39, 0.29) is 18.8 Å². The monoisotopic (exact) mass is 355 g/mol. The molecule has 6 nitrogen and oxygen atoms in total. The lowest BCUT2D eigenvalue weighted by Crippen LogP contribution is -2.37. The second-order valence-corrected chi connectivity index (χ2v) is 6.63. The van der Waals surface area contributed by atoms with Crippen molar-refractivity contribution in [2.75, 3.05) is 13.1 Å². The van der Waals surface area contributed by atoms with Gasteiger partial charge in [-0.2, -0.15) is 0 Å². The van der Waals surface area contributed by atoms with E-state index in [9.17, 15) is 25.5 Å². The van der Waals surface area contributed by atoms with Gasteiger partial charge in [0.25, 0.3) is 0 Å². The first-order valence-electron chi connectivity index (χ1n) is 9.17. The van der Waals surface area contributed by atoms with Crippen LogP contribution >= 0.6 is 0 Å². The highest BCUT2D eigenvalue weighted by molar-refractivity contribution is 5.35. The van der Waals surface area contributed by atoms with Crippen molar-refractivity contribution in [3.8, 4) is 5.75 Å². The lowest BCUT2D eigenvalue weighted by Gasteiger charge is -2.25. The van der Waals surface area contributed by atoms with Gasteiger partial charge in [-0.3, -0.25) is 4.90 Å². The maximum Gasteiger partial charge on any atom is 0.164 e. The molecule has 0 spiro atoms. The van der Waals surface area contributed by atoms with Gasteiger partial charge in [0.05, 0.1) is 0 Å². The summed E-state index contributed by atoms with van der Waals surface area (Å²) in [6, 6.07) is 5.20.